The first-order chi connectivity index (χ1) is 24.1. The van der Waals surface area contributed by atoms with Gasteiger partial charge in [-0.3, -0.25) is 9.69 Å². The van der Waals surface area contributed by atoms with Gasteiger partial charge >= 0.3 is 0 Å². The highest BCUT2D eigenvalue weighted by Gasteiger charge is 2.41. The van der Waals surface area contributed by atoms with Crippen molar-refractivity contribution in [3.63, 3.8) is 0 Å². The van der Waals surface area contributed by atoms with Crippen LogP contribution in [0.5, 0.6) is 11.5 Å². The van der Waals surface area contributed by atoms with Crippen LogP contribution in [-0.2, 0) is 36.7 Å². The van der Waals surface area contributed by atoms with Gasteiger partial charge in [-0.2, -0.15) is 0 Å². The molecule has 3 aliphatic heterocycles. The lowest BCUT2D eigenvalue weighted by Gasteiger charge is -2.40. The first-order valence-electron chi connectivity index (χ1n) is 17.5. The van der Waals surface area contributed by atoms with Gasteiger partial charge in [0.2, 0.25) is 13.1 Å². The van der Waals surface area contributed by atoms with Crippen molar-refractivity contribution in [1.29, 1.82) is 0 Å². The van der Waals surface area contributed by atoms with Gasteiger partial charge in [-0.25, -0.2) is 0 Å². The summed E-state index contributed by atoms with van der Waals surface area (Å²) in [5, 5.41) is 8.98. The van der Waals surface area contributed by atoms with Gasteiger partial charge in [-0.1, -0.05) is 48.5 Å². The minimum Gasteiger partial charge on any atom is -0.459 e. The van der Waals surface area contributed by atoms with Gasteiger partial charge in [0.1, 0.15) is 0 Å². The number of nitrogens with zero attached hydrogens (tertiary/aromatic N) is 2. The Labute approximate surface area is 288 Å². The normalized spacial score (nSPS) is 21.2. The standard InChI is InChI=1S/C39H46N2O8/c1-2-46-39-32(12-18-44-20-21-45-19-17-42)34(31-9-5-8-30-29-7-4-3-6-28(29)23-33(30)31)24-37(49-39)38(43)41-15-13-40(14-16-41)25-27-10-11-35-36(22-27)48-26-47-35/h3-11,22,24,32,34,39,42H,2,12-21,23,25-26H2,1H3/t32-,34-,39-/m0/s1. The fraction of sp³-hybridized carbons (Fsp3) is 0.462. The van der Waals surface area contributed by atoms with E-state index in [1.807, 2.05) is 30.0 Å². The number of aliphatic hydroxyl groups excluding tert-OH is 1. The third-order valence-electron chi connectivity index (χ3n) is 9.88. The highest BCUT2D eigenvalue weighted by Crippen LogP contribution is 2.46. The van der Waals surface area contributed by atoms with E-state index in [0.717, 1.165) is 43.1 Å². The summed E-state index contributed by atoms with van der Waals surface area (Å²) >= 11 is 0. The zero-order chi connectivity index (χ0) is 33.6. The molecule has 3 aromatic carbocycles. The summed E-state index contributed by atoms with van der Waals surface area (Å²) in [5.41, 5.74) is 7.51. The van der Waals surface area contributed by atoms with Crippen molar-refractivity contribution in [2.24, 2.45) is 5.92 Å². The van der Waals surface area contributed by atoms with Crippen molar-refractivity contribution < 1.29 is 38.3 Å². The van der Waals surface area contributed by atoms with Gasteiger partial charge in [0, 0.05) is 57.8 Å². The first-order valence-corrected chi connectivity index (χ1v) is 17.5. The average Bonchev–Trinajstić information content (AvgIpc) is 3.76. The molecule has 3 atom stereocenters. The van der Waals surface area contributed by atoms with Crippen molar-refractivity contribution in [2.45, 2.75) is 38.5 Å². The molecule has 0 aromatic heterocycles. The maximum atomic E-state index is 14.1. The lowest BCUT2D eigenvalue weighted by Crippen LogP contribution is -2.50. The molecule has 3 heterocycles. The maximum Gasteiger partial charge on any atom is 0.288 e. The minimum atomic E-state index is -0.597. The summed E-state index contributed by atoms with van der Waals surface area (Å²) in [6.07, 6.45) is 2.99. The molecule has 1 saturated heterocycles. The Morgan fingerprint density at radius 1 is 0.898 bits per heavy atom. The van der Waals surface area contributed by atoms with Crippen LogP contribution < -0.4 is 9.47 Å². The van der Waals surface area contributed by atoms with Crippen molar-refractivity contribution >= 4 is 5.91 Å². The molecule has 3 aromatic rings. The van der Waals surface area contributed by atoms with Crippen LogP contribution in [0.1, 0.15) is 41.5 Å². The molecule has 1 aliphatic carbocycles. The van der Waals surface area contributed by atoms with Crippen LogP contribution >= 0.6 is 0 Å². The molecule has 10 nitrogen and oxygen atoms in total. The number of carbonyl (C=O) groups excluding carboxylic acids is 1. The molecular formula is C39H46N2O8. The Balaban J connectivity index is 1.09. The van der Waals surface area contributed by atoms with Gasteiger partial charge in [0.15, 0.2) is 17.3 Å². The van der Waals surface area contributed by atoms with E-state index >= 15 is 0 Å². The monoisotopic (exact) mass is 670 g/mol. The summed E-state index contributed by atoms with van der Waals surface area (Å²) < 4.78 is 35.1. The van der Waals surface area contributed by atoms with Crippen molar-refractivity contribution in [1.82, 2.24) is 9.80 Å². The number of allylic oxidation sites excluding steroid dienone is 1. The van der Waals surface area contributed by atoms with Gasteiger partial charge in [-0.05, 0) is 71.4 Å². The highest BCUT2D eigenvalue weighted by atomic mass is 16.7. The Hall–Kier alpha value is -3.93. The summed E-state index contributed by atoms with van der Waals surface area (Å²) in [4.78, 5) is 18.4. The number of hydrogen-bond acceptors (Lipinski definition) is 9. The first kappa shape index (κ1) is 33.6. The predicted molar refractivity (Wildman–Crippen MR) is 183 cm³/mol. The topological polar surface area (TPSA) is 99.2 Å². The zero-order valence-electron chi connectivity index (χ0n) is 28.2. The maximum absolute atomic E-state index is 14.1. The van der Waals surface area contributed by atoms with Crippen molar-refractivity contribution in [3.8, 4) is 22.6 Å². The Morgan fingerprint density at radius 2 is 1.69 bits per heavy atom. The van der Waals surface area contributed by atoms with Crippen LogP contribution in [0.15, 0.2) is 72.5 Å². The number of fused-ring (bicyclic) bond motifs is 4. The van der Waals surface area contributed by atoms with Gasteiger partial charge in [-0.15, -0.1) is 0 Å². The molecule has 1 fully saturated rings. The Kier molecular flexibility index (Phi) is 10.8. The summed E-state index contributed by atoms with van der Waals surface area (Å²) in [5.74, 6) is 1.67. The van der Waals surface area contributed by atoms with Gasteiger partial charge < -0.3 is 38.4 Å². The minimum absolute atomic E-state index is 0.00731. The molecule has 10 heteroatoms. The third kappa shape index (κ3) is 7.49. The highest BCUT2D eigenvalue weighted by molar-refractivity contribution is 5.92. The van der Waals surface area contributed by atoms with E-state index in [9.17, 15) is 4.79 Å². The van der Waals surface area contributed by atoms with E-state index in [0.29, 0.717) is 58.3 Å². The summed E-state index contributed by atoms with van der Waals surface area (Å²) in [6.45, 7) is 7.86. The number of carbonyl (C=O) groups is 1. The second-order valence-corrected chi connectivity index (χ2v) is 12.9. The van der Waals surface area contributed by atoms with Crippen LogP contribution in [0.4, 0.5) is 0 Å². The number of ether oxygens (including phenoxy) is 6. The van der Waals surface area contributed by atoms with E-state index < -0.39 is 6.29 Å². The lowest BCUT2D eigenvalue weighted by atomic mass is 9.78. The lowest BCUT2D eigenvalue weighted by molar-refractivity contribution is -0.172. The molecule has 0 bridgehead atoms. The van der Waals surface area contributed by atoms with E-state index in [2.05, 4.69) is 53.4 Å². The zero-order valence-corrected chi connectivity index (χ0v) is 28.2. The molecule has 1 amide bonds. The molecular weight excluding hydrogens is 624 g/mol. The van der Waals surface area contributed by atoms with Gasteiger partial charge in [0.25, 0.3) is 5.91 Å². The average molecular weight is 671 g/mol. The largest absolute Gasteiger partial charge is 0.459 e. The molecule has 0 radical (unpaired) electrons. The SMILES string of the molecule is CCO[C@H]1OC(C(=O)N2CCN(Cc3ccc4c(c3)OCO4)CC2)=C[C@@H](c2cccc3c2Cc2ccccc2-3)[C@@H]1CCOCCOCCO. The van der Waals surface area contributed by atoms with Crippen LogP contribution in [-0.4, -0.2) is 99.7 Å². The summed E-state index contributed by atoms with van der Waals surface area (Å²) in [7, 11) is 0. The second kappa shape index (κ2) is 15.7. The van der Waals surface area contributed by atoms with Gasteiger partial charge in [0.05, 0.1) is 26.4 Å². The third-order valence-corrected chi connectivity index (χ3v) is 9.88. The van der Waals surface area contributed by atoms with Crippen molar-refractivity contribution in [3.05, 3.63) is 94.8 Å². The molecule has 49 heavy (non-hydrogen) atoms. The predicted octanol–water partition coefficient (Wildman–Crippen LogP) is 4.72. The van der Waals surface area contributed by atoms with Crippen LogP contribution in [0.25, 0.3) is 11.1 Å². The number of benzene rings is 3. The molecule has 260 valence electrons. The van der Waals surface area contributed by atoms with E-state index in [1.54, 1.807) is 0 Å². The summed E-state index contributed by atoms with van der Waals surface area (Å²) in [6, 6.07) is 21.2. The molecule has 4 aliphatic rings. The number of amides is 1. The van der Waals surface area contributed by atoms with E-state index in [1.165, 1.54) is 27.8 Å². The van der Waals surface area contributed by atoms with E-state index in [4.69, 9.17) is 33.5 Å². The molecule has 1 N–H and O–H groups in total. The van der Waals surface area contributed by atoms with Crippen LogP contribution in [0.3, 0.4) is 0 Å². The second-order valence-electron chi connectivity index (χ2n) is 12.9. The van der Waals surface area contributed by atoms with Crippen LogP contribution in [0, 0.1) is 5.92 Å². The molecule has 0 saturated carbocycles. The van der Waals surface area contributed by atoms with Crippen molar-refractivity contribution in [2.75, 3.05) is 72.6 Å². The molecule has 0 unspecified atom stereocenters. The number of rotatable bonds is 14. The quantitative estimate of drug-likeness (QED) is 0.191. The fourth-order valence-corrected chi connectivity index (χ4v) is 7.45. The molecule has 0 spiro atoms. The Bertz CT molecular complexity index is 1630. The number of piperazine rings is 1. The number of aliphatic hydroxyl groups is 1. The van der Waals surface area contributed by atoms with Crippen LogP contribution in [0.2, 0.25) is 0 Å². The number of hydrogen-bond donors (Lipinski definition) is 1. The Morgan fingerprint density at radius 3 is 2.53 bits per heavy atom. The smallest absolute Gasteiger partial charge is 0.288 e. The molecule has 7 rings (SSSR count). The fourth-order valence-electron chi connectivity index (χ4n) is 7.45. The van der Waals surface area contributed by atoms with E-state index in [-0.39, 0.29) is 31.1 Å².